The van der Waals surface area contributed by atoms with E-state index in [1.54, 1.807) is 10.9 Å². The van der Waals surface area contributed by atoms with Crippen molar-refractivity contribution in [3.8, 4) is 10.6 Å². The van der Waals surface area contributed by atoms with Crippen LogP contribution in [0.25, 0.3) is 10.6 Å². The number of nitrogens with zero attached hydrogens (tertiary/aromatic N) is 7. The quantitative estimate of drug-likeness (QED) is 0.662. The normalized spacial score (nSPS) is 20.6. The zero-order valence-corrected chi connectivity index (χ0v) is 16.6. The summed E-state index contributed by atoms with van der Waals surface area (Å²) < 4.78 is 7.24. The van der Waals surface area contributed by atoms with Gasteiger partial charge in [0.2, 0.25) is 5.89 Å². The molecular formula is C18H21N7O2S. The van der Waals surface area contributed by atoms with E-state index in [4.69, 9.17) is 4.52 Å². The fourth-order valence-electron chi connectivity index (χ4n) is 3.41. The Balaban J connectivity index is 1.32. The van der Waals surface area contributed by atoms with Crippen LogP contribution in [0, 0.1) is 0 Å². The second-order valence-electron chi connectivity index (χ2n) is 7.45. The third-order valence-electron chi connectivity index (χ3n) is 5.30. The summed E-state index contributed by atoms with van der Waals surface area (Å²) in [7, 11) is 3.89. The molecule has 4 heterocycles. The van der Waals surface area contributed by atoms with E-state index >= 15 is 0 Å². The van der Waals surface area contributed by atoms with Crippen LogP contribution in [0.2, 0.25) is 0 Å². The lowest BCUT2D eigenvalue weighted by atomic mass is 10.1. The molecule has 1 amide bonds. The van der Waals surface area contributed by atoms with Crippen molar-refractivity contribution < 1.29 is 9.32 Å². The van der Waals surface area contributed by atoms with E-state index in [2.05, 4.69) is 25.1 Å². The van der Waals surface area contributed by atoms with Crippen molar-refractivity contribution in [3.05, 3.63) is 35.2 Å². The second kappa shape index (κ2) is 6.78. The highest BCUT2D eigenvalue weighted by atomic mass is 32.1. The number of hydrogen-bond donors (Lipinski definition) is 0. The Labute approximate surface area is 166 Å². The molecule has 9 nitrogen and oxygen atoms in total. The van der Waals surface area contributed by atoms with Crippen LogP contribution in [0.3, 0.4) is 0 Å². The minimum atomic E-state index is -0.0888. The van der Waals surface area contributed by atoms with Crippen LogP contribution in [-0.4, -0.2) is 67.3 Å². The van der Waals surface area contributed by atoms with Gasteiger partial charge in [-0.25, -0.2) is 4.98 Å². The molecule has 2 fully saturated rings. The Bertz CT molecular complexity index is 1010. The molecule has 10 heteroatoms. The molecule has 3 aromatic rings. The van der Waals surface area contributed by atoms with Gasteiger partial charge in [-0.05, 0) is 19.9 Å². The maximum Gasteiger partial charge on any atom is 0.273 e. The molecule has 0 N–H and O–H groups in total. The zero-order valence-electron chi connectivity index (χ0n) is 15.8. The summed E-state index contributed by atoms with van der Waals surface area (Å²) in [6, 6.07) is -0.0888. The van der Waals surface area contributed by atoms with E-state index < -0.39 is 0 Å². The summed E-state index contributed by atoms with van der Waals surface area (Å²) in [5, 5.41) is 10.9. The summed E-state index contributed by atoms with van der Waals surface area (Å²) in [4.78, 5) is 26.1. The van der Waals surface area contributed by atoms with Crippen LogP contribution in [0.1, 0.15) is 47.0 Å². The molecule has 1 saturated heterocycles. The zero-order chi connectivity index (χ0) is 19.3. The van der Waals surface area contributed by atoms with Gasteiger partial charge >= 0.3 is 0 Å². The van der Waals surface area contributed by atoms with Gasteiger partial charge in [-0.1, -0.05) is 5.16 Å². The predicted octanol–water partition coefficient (Wildman–Crippen LogP) is 1.93. The fraction of sp³-hybridized carbons (Fsp3) is 0.500. The number of aromatic nitrogens is 5. The molecule has 1 aliphatic carbocycles. The van der Waals surface area contributed by atoms with Crippen molar-refractivity contribution in [2.45, 2.75) is 24.8 Å². The van der Waals surface area contributed by atoms with E-state index in [1.807, 2.05) is 30.6 Å². The molecule has 1 unspecified atom stereocenters. The third kappa shape index (κ3) is 3.22. The first kappa shape index (κ1) is 17.5. The van der Waals surface area contributed by atoms with Gasteiger partial charge in [-0.3, -0.25) is 14.4 Å². The standard InChI is InChI=1S/C18H21N7O2S/c1-23-5-6-25(9-14(23)16-21-15(22-27-16)11-3-4-11)18(26)13-10-28-17(20-13)12-7-19-24(2)8-12/h7-8,10-11,14H,3-6,9H2,1-2H3. The first-order chi connectivity index (χ1) is 13.6. The van der Waals surface area contributed by atoms with Crippen LogP contribution in [-0.2, 0) is 7.05 Å². The smallest absolute Gasteiger partial charge is 0.273 e. The third-order valence-corrected chi connectivity index (χ3v) is 6.19. The molecule has 0 aromatic carbocycles. The van der Waals surface area contributed by atoms with Gasteiger partial charge in [0, 0.05) is 49.7 Å². The molecule has 3 aromatic heterocycles. The Morgan fingerprint density at radius 1 is 1.25 bits per heavy atom. The Hall–Kier alpha value is -2.59. The van der Waals surface area contributed by atoms with Gasteiger partial charge in [0.25, 0.3) is 5.91 Å². The average molecular weight is 399 g/mol. The van der Waals surface area contributed by atoms with Gasteiger partial charge in [0.1, 0.15) is 16.7 Å². The van der Waals surface area contributed by atoms with Crippen LogP contribution in [0.4, 0.5) is 0 Å². The van der Waals surface area contributed by atoms with Gasteiger partial charge in [0.15, 0.2) is 5.82 Å². The summed E-state index contributed by atoms with van der Waals surface area (Å²) in [6.07, 6.45) is 5.92. The van der Waals surface area contributed by atoms with Gasteiger partial charge in [0.05, 0.1) is 6.20 Å². The first-order valence-electron chi connectivity index (χ1n) is 9.36. The maximum absolute atomic E-state index is 13.0. The van der Waals surface area contributed by atoms with E-state index in [9.17, 15) is 4.79 Å². The number of aryl methyl sites for hydroxylation is 1. The Morgan fingerprint density at radius 2 is 2.11 bits per heavy atom. The van der Waals surface area contributed by atoms with Crippen LogP contribution in [0.15, 0.2) is 22.3 Å². The van der Waals surface area contributed by atoms with Crippen molar-refractivity contribution in [2.75, 3.05) is 26.7 Å². The molecule has 0 spiro atoms. The van der Waals surface area contributed by atoms with Crippen LogP contribution in [0.5, 0.6) is 0 Å². The van der Waals surface area contributed by atoms with E-state index in [0.717, 1.165) is 35.8 Å². The number of piperazine rings is 1. The number of amides is 1. The summed E-state index contributed by atoms with van der Waals surface area (Å²) >= 11 is 1.46. The van der Waals surface area contributed by atoms with Gasteiger partial charge in [-0.2, -0.15) is 10.1 Å². The SMILES string of the molecule is CN1CCN(C(=O)c2csc(-c3cnn(C)c3)n2)CC1c1nc(C2CC2)no1. The minimum absolute atomic E-state index is 0.0635. The van der Waals surface area contributed by atoms with E-state index in [0.29, 0.717) is 30.6 Å². The number of carbonyl (C=O) groups is 1. The summed E-state index contributed by atoms with van der Waals surface area (Å²) in [6.45, 7) is 1.91. The average Bonchev–Trinajstić information content (AvgIpc) is 3.11. The molecule has 1 saturated carbocycles. The molecule has 0 radical (unpaired) electrons. The predicted molar refractivity (Wildman–Crippen MR) is 102 cm³/mol. The lowest BCUT2D eigenvalue weighted by Gasteiger charge is -2.37. The largest absolute Gasteiger partial charge is 0.338 e. The van der Waals surface area contributed by atoms with Crippen molar-refractivity contribution in [1.29, 1.82) is 0 Å². The molecule has 5 rings (SSSR count). The molecule has 2 aliphatic rings. The molecule has 1 atom stereocenters. The number of rotatable bonds is 4. The molecular weight excluding hydrogens is 378 g/mol. The summed E-state index contributed by atoms with van der Waals surface area (Å²) in [5.74, 6) is 1.78. The van der Waals surface area contributed by atoms with Gasteiger partial charge < -0.3 is 9.42 Å². The molecule has 28 heavy (non-hydrogen) atoms. The number of carbonyl (C=O) groups excluding carboxylic acids is 1. The van der Waals surface area contributed by atoms with E-state index in [1.165, 1.54) is 11.3 Å². The topological polar surface area (TPSA) is 93.2 Å². The van der Waals surface area contributed by atoms with Crippen LogP contribution >= 0.6 is 11.3 Å². The first-order valence-corrected chi connectivity index (χ1v) is 10.2. The number of hydrogen-bond acceptors (Lipinski definition) is 8. The van der Waals surface area contributed by atoms with E-state index in [-0.39, 0.29) is 11.9 Å². The molecule has 1 aliphatic heterocycles. The second-order valence-corrected chi connectivity index (χ2v) is 8.31. The minimum Gasteiger partial charge on any atom is -0.338 e. The monoisotopic (exact) mass is 399 g/mol. The fourth-order valence-corrected chi connectivity index (χ4v) is 4.18. The number of thiazole rings is 1. The lowest BCUT2D eigenvalue weighted by Crippen LogP contribution is -2.49. The van der Waals surface area contributed by atoms with Crippen molar-refractivity contribution in [2.24, 2.45) is 7.05 Å². The molecule has 146 valence electrons. The number of likely N-dealkylation sites (N-methyl/N-ethyl adjacent to an activating group) is 1. The summed E-state index contributed by atoms with van der Waals surface area (Å²) in [5.41, 5.74) is 1.39. The van der Waals surface area contributed by atoms with Gasteiger partial charge in [-0.15, -0.1) is 11.3 Å². The maximum atomic E-state index is 13.0. The van der Waals surface area contributed by atoms with Crippen molar-refractivity contribution >= 4 is 17.2 Å². The Morgan fingerprint density at radius 3 is 2.86 bits per heavy atom. The van der Waals surface area contributed by atoms with Crippen LogP contribution < -0.4 is 0 Å². The highest BCUT2D eigenvalue weighted by Gasteiger charge is 2.35. The molecule has 0 bridgehead atoms. The Kier molecular flexibility index (Phi) is 4.24. The highest BCUT2D eigenvalue weighted by molar-refractivity contribution is 7.13. The van der Waals surface area contributed by atoms with Crippen molar-refractivity contribution in [1.82, 2.24) is 34.7 Å². The highest BCUT2D eigenvalue weighted by Crippen LogP contribution is 2.39. The lowest BCUT2D eigenvalue weighted by molar-refractivity contribution is 0.0484. The van der Waals surface area contributed by atoms with Crippen molar-refractivity contribution in [3.63, 3.8) is 0 Å².